The molecule has 0 aromatic heterocycles. The zero-order valence-corrected chi connectivity index (χ0v) is 26.7. The fraction of sp³-hybridized carbons (Fsp3) is 0.225. The molecule has 1 unspecified atom stereocenters. The zero-order valence-electron chi connectivity index (χ0n) is 26.7. The van der Waals surface area contributed by atoms with Crippen molar-refractivity contribution in [1.29, 1.82) is 0 Å². The van der Waals surface area contributed by atoms with Crippen LogP contribution >= 0.6 is 0 Å². The summed E-state index contributed by atoms with van der Waals surface area (Å²) in [5, 5.41) is 0. The Morgan fingerprint density at radius 1 is 0.587 bits per heavy atom. The largest absolute Gasteiger partial charge is 0.493 e. The third-order valence-corrected chi connectivity index (χ3v) is 8.00. The number of hydrogen-bond acceptors (Lipinski definition) is 5. The van der Waals surface area contributed by atoms with Gasteiger partial charge in [0.1, 0.15) is 13.2 Å². The highest BCUT2D eigenvalue weighted by atomic mass is 16.5. The number of benzene rings is 5. The van der Waals surface area contributed by atoms with Gasteiger partial charge in [-0.05, 0) is 65.4 Å². The first-order chi connectivity index (χ1) is 22.5. The summed E-state index contributed by atoms with van der Waals surface area (Å²) < 4.78 is 23.4. The van der Waals surface area contributed by atoms with Gasteiger partial charge in [-0.15, -0.1) is 0 Å². The molecular weight excluding hydrogens is 574 g/mol. The van der Waals surface area contributed by atoms with E-state index >= 15 is 0 Å². The number of carbonyl (C=O) groups excluding carboxylic acids is 1. The van der Waals surface area contributed by atoms with Crippen molar-refractivity contribution < 1.29 is 23.7 Å². The monoisotopic (exact) mass is 615 g/mol. The zero-order chi connectivity index (χ0) is 32.1. The SMILES string of the molecule is COc1cc(CCN(C(=O)Cc2ccc(OC)c(OCc3ccccc3)c2)C(C)c2ccccc2)ccc1OCc1ccccc1. The van der Waals surface area contributed by atoms with Gasteiger partial charge in [0.2, 0.25) is 5.91 Å². The minimum atomic E-state index is -0.115. The first kappa shape index (κ1) is 32.2. The van der Waals surface area contributed by atoms with Gasteiger partial charge in [0, 0.05) is 6.54 Å². The van der Waals surface area contributed by atoms with Gasteiger partial charge < -0.3 is 23.8 Å². The molecule has 5 aromatic carbocycles. The van der Waals surface area contributed by atoms with Crippen LogP contribution in [-0.4, -0.2) is 31.6 Å². The molecule has 0 aliphatic carbocycles. The number of amides is 1. The molecule has 1 atom stereocenters. The minimum Gasteiger partial charge on any atom is -0.493 e. The van der Waals surface area contributed by atoms with Crippen LogP contribution in [-0.2, 0) is 30.8 Å². The highest BCUT2D eigenvalue weighted by molar-refractivity contribution is 5.79. The summed E-state index contributed by atoms with van der Waals surface area (Å²) in [5.74, 6) is 2.63. The van der Waals surface area contributed by atoms with Crippen molar-refractivity contribution in [2.75, 3.05) is 20.8 Å². The highest BCUT2D eigenvalue weighted by Gasteiger charge is 2.22. The third kappa shape index (κ3) is 8.69. The van der Waals surface area contributed by atoms with Gasteiger partial charge in [0.05, 0.1) is 26.7 Å². The van der Waals surface area contributed by atoms with E-state index in [2.05, 4.69) is 19.1 Å². The molecule has 0 saturated carbocycles. The van der Waals surface area contributed by atoms with Gasteiger partial charge in [-0.1, -0.05) is 103 Å². The van der Waals surface area contributed by atoms with Crippen molar-refractivity contribution in [2.24, 2.45) is 0 Å². The number of carbonyl (C=O) groups is 1. The van der Waals surface area contributed by atoms with E-state index in [1.54, 1.807) is 14.2 Å². The van der Waals surface area contributed by atoms with E-state index in [9.17, 15) is 4.79 Å². The predicted octanol–water partition coefficient (Wildman–Crippen LogP) is 8.24. The summed E-state index contributed by atoms with van der Waals surface area (Å²) >= 11 is 0. The first-order valence-electron chi connectivity index (χ1n) is 15.6. The second-order valence-corrected chi connectivity index (χ2v) is 11.1. The summed E-state index contributed by atoms with van der Waals surface area (Å²) in [5.41, 5.74) is 5.15. The molecule has 5 aromatic rings. The van der Waals surface area contributed by atoms with Crippen molar-refractivity contribution in [2.45, 2.75) is 39.0 Å². The lowest BCUT2D eigenvalue weighted by molar-refractivity contribution is -0.132. The maximum Gasteiger partial charge on any atom is 0.227 e. The number of nitrogens with zero attached hydrogens (tertiary/aromatic N) is 1. The summed E-state index contributed by atoms with van der Waals surface area (Å²) in [7, 11) is 3.27. The summed E-state index contributed by atoms with van der Waals surface area (Å²) in [6.07, 6.45) is 0.894. The number of rotatable bonds is 15. The third-order valence-electron chi connectivity index (χ3n) is 8.00. The smallest absolute Gasteiger partial charge is 0.227 e. The van der Waals surface area contributed by atoms with Crippen molar-refractivity contribution in [3.8, 4) is 23.0 Å². The van der Waals surface area contributed by atoms with E-state index < -0.39 is 0 Å². The Bertz CT molecular complexity index is 1670. The Morgan fingerprint density at radius 3 is 1.72 bits per heavy atom. The van der Waals surface area contributed by atoms with Crippen molar-refractivity contribution in [3.05, 3.63) is 155 Å². The van der Waals surface area contributed by atoms with Crippen LogP contribution in [0.2, 0.25) is 0 Å². The lowest BCUT2D eigenvalue weighted by Gasteiger charge is -2.30. The van der Waals surface area contributed by atoms with E-state index in [1.165, 1.54) is 0 Å². The Hall–Kier alpha value is -5.23. The van der Waals surface area contributed by atoms with Gasteiger partial charge in [-0.2, -0.15) is 0 Å². The quantitative estimate of drug-likeness (QED) is 0.119. The molecule has 46 heavy (non-hydrogen) atoms. The second-order valence-electron chi connectivity index (χ2n) is 11.1. The molecule has 0 fully saturated rings. The summed E-state index contributed by atoms with van der Waals surface area (Å²) in [4.78, 5) is 16.0. The van der Waals surface area contributed by atoms with E-state index in [0.29, 0.717) is 49.2 Å². The summed E-state index contributed by atoms with van der Waals surface area (Å²) in [6, 6.07) is 41.7. The molecule has 0 aliphatic rings. The molecule has 5 rings (SSSR count). The predicted molar refractivity (Wildman–Crippen MR) is 182 cm³/mol. The van der Waals surface area contributed by atoms with Crippen LogP contribution in [0.3, 0.4) is 0 Å². The van der Waals surface area contributed by atoms with Crippen molar-refractivity contribution in [1.82, 2.24) is 4.90 Å². The minimum absolute atomic E-state index is 0.0327. The molecule has 0 N–H and O–H groups in total. The lowest BCUT2D eigenvalue weighted by Crippen LogP contribution is -2.36. The Kier molecular flexibility index (Phi) is 11.3. The normalized spacial score (nSPS) is 11.4. The lowest BCUT2D eigenvalue weighted by atomic mass is 10.0. The second kappa shape index (κ2) is 16.2. The average Bonchev–Trinajstić information content (AvgIpc) is 3.11. The number of methoxy groups -OCH3 is 2. The molecule has 236 valence electrons. The van der Waals surface area contributed by atoms with Crippen LogP contribution in [0.4, 0.5) is 0 Å². The van der Waals surface area contributed by atoms with Crippen LogP contribution in [0.25, 0.3) is 0 Å². The van der Waals surface area contributed by atoms with Gasteiger partial charge in [-0.25, -0.2) is 0 Å². The van der Waals surface area contributed by atoms with Gasteiger partial charge in [0.25, 0.3) is 0 Å². The fourth-order valence-electron chi connectivity index (χ4n) is 5.37. The van der Waals surface area contributed by atoms with Crippen LogP contribution in [0.15, 0.2) is 127 Å². The average molecular weight is 616 g/mol. The number of hydrogen-bond donors (Lipinski definition) is 0. The van der Waals surface area contributed by atoms with Crippen molar-refractivity contribution >= 4 is 5.91 Å². The van der Waals surface area contributed by atoms with E-state index in [1.807, 2.05) is 120 Å². The maximum absolute atomic E-state index is 14.0. The molecule has 1 amide bonds. The fourth-order valence-corrected chi connectivity index (χ4v) is 5.37. The van der Waals surface area contributed by atoms with Crippen LogP contribution in [0.5, 0.6) is 23.0 Å². The highest BCUT2D eigenvalue weighted by Crippen LogP contribution is 2.31. The van der Waals surface area contributed by atoms with Gasteiger partial charge in [-0.3, -0.25) is 4.79 Å². The molecule has 0 bridgehead atoms. The Balaban J connectivity index is 1.30. The number of ether oxygens (including phenoxy) is 4. The van der Waals surface area contributed by atoms with E-state index in [4.69, 9.17) is 18.9 Å². The summed E-state index contributed by atoms with van der Waals surface area (Å²) in [6.45, 7) is 3.48. The van der Waals surface area contributed by atoms with Crippen LogP contribution < -0.4 is 18.9 Å². The molecule has 0 heterocycles. The van der Waals surface area contributed by atoms with E-state index in [-0.39, 0.29) is 18.4 Å². The molecule has 0 saturated heterocycles. The molecule has 0 spiro atoms. The Morgan fingerprint density at radius 2 is 1.11 bits per heavy atom. The van der Waals surface area contributed by atoms with Gasteiger partial charge in [0.15, 0.2) is 23.0 Å². The standard InChI is InChI=1S/C40H41NO5/c1-30(35-17-11-6-12-18-35)41(24-23-31-19-22-37(38(25-31)44-3)45-28-32-13-7-4-8-14-32)40(42)27-34-20-21-36(43-2)39(26-34)46-29-33-15-9-5-10-16-33/h4-22,25-26,30H,23-24,27-29H2,1-3H3. The topological polar surface area (TPSA) is 57.2 Å². The van der Waals surface area contributed by atoms with E-state index in [0.717, 1.165) is 27.8 Å². The van der Waals surface area contributed by atoms with Crippen LogP contribution in [0.1, 0.15) is 40.8 Å². The first-order valence-corrected chi connectivity index (χ1v) is 15.6. The molecule has 6 nitrogen and oxygen atoms in total. The molecule has 0 radical (unpaired) electrons. The maximum atomic E-state index is 14.0. The Labute approximate surface area is 272 Å². The molecular formula is C40H41NO5. The van der Waals surface area contributed by atoms with Crippen molar-refractivity contribution in [3.63, 3.8) is 0 Å². The van der Waals surface area contributed by atoms with Gasteiger partial charge >= 0.3 is 0 Å². The molecule has 0 aliphatic heterocycles. The molecule has 6 heteroatoms. The van der Waals surface area contributed by atoms with Crippen LogP contribution in [0, 0.1) is 0 Å².